The number of hydrogen-bond acceptors (Lipinski definition) is 7. The number of esters is 1. The summed E-state index contributed by atoms with van der Waals surface area (Å²) in [5, 5.41) is 20.5. The maximum Gasteiger partial charge on any atom is 0.331 e. The van der Waals surface area contributed by atoms with E-state index in [-0.39, 0.29) is 24.3 Å². The number of primary sulfonamides is 1. The molecular formula is C21H25N3O7S. The number of hydrogen-bond donors (Lipinski definition) is 4. The van der Waals surface area contributed by atoms with Crippen LogP contribution in [-0.4, -0.2) is 44.0 Å². The van der Waals surface area contributed by atoms with Crippen LogP contribution in [0.2, 0.25) is 0 Å². The first-order valence-electron chi connectivity index (χ1n) is 9.73. The molecule has 5 N–H and O–H groups in total. The molecular weight excluding hydrogens is 438 g/mol. The Morgan fingerprint density at radius 3 is 2.16 bits per heavy atom. The zero-order valence-corrected chi connectivity index (χ0v) is 18.2. The van der Waals surface area contributed by atoms with Crippen LogP contribution < -0.4 is 15.8 Å². The molecule has 0 bridgehead atoms. The summed E-state index contributed by atoms with van der Waals surface area (Å²) in [7, 11) is -3.84. The van der Waals surface area contributed by atoms with Gasteiger partial charge in [-0.15, -0.1) is 0 Å². The lowest BCUT2D eigenvalue weighted by Gasteiger charge is -2.22. The fraction of sp³-hybridized carbons (Fsp3) is 0.286. The van der Waals surface area contributed by atoms with Crippen molar-refractivity contribution in [2.45, 2.75) is 36.8 Å². The Labute approximate surface area is 185 Å². The first-order chi connectivity index (χ1) is 15.1. The van der Waals surface area contributed by atoms with Crippen molar-refractivity contribution in [3.8, 4) is 0 Å². The molecule has 0 radical (unpaired) electrons. The van der Waals surface area contributed by atoms with Crippen molar-refractivity contribution in [3.63, 3.8) is 0 Å². The van der Waals surface area contributed by atoms with Gasteiger partial charge in [-0.25, -0.2) is 18.4 Å². The van der Waals surface area contributed by atoms with Crippen LogP contribution in [0.1, 0.15) is 31.4 Å². The van der Waals surface area contributed by atoms with Crippen molar-refractivity contribution in [3.05, 3.63) is 60.2 Å². The van der Waals surface area contributed by atoms with Gasteiger partial charge in [0.15, 0.2) is 6.04 Å². The van der Waals surface area contributed by atoms with Crippen LogP contribution in [0.5, 0.6) is 0 Å². The van der Waals surface area contributed by atoms with Gasteiger partial charge in [0.05, 0.1) is 11.5 Å². The molecule has 0 aromatic heterocycles. The Hall–Kier alpha value is -3.28. The number of amides is 2. The zero-order valence-electron chi connectivity index (χ0n) is 17.4. The fourth-order valence-electron chi connectivity index (χ4n) is 2.77. The van der Waals surface area contributed by atoms with E-state index in [1.807, 2.05) is 0 Å². The van der Waals surface area contributed by atoms with Crippen molar-refractivity contribution in [2.24, 2.45) is 5.14 Å². The Morgan fingerprint density at radius 1 is 1.00 bits per heavy atom. The molecule has 0 aliphatic rings. The molecule has 0 unspecified atom stereocenters. The highest BCUT2D eigenvalue weighted by Gasteiger charge is 2.31. The summed E-state index contributed by atoms with van der Waals surface area (Å²) in [6.07, 6.45) is -1.79. The number of carbonyl (C=O) groups is 3. The van der Waals surface area contributed by atoms with E-state index in [1.54, 1.807) is 37.3 Å². The quantitative estimate of drug-likeness (QED) is 0.379. The lowest BCUT2D eigenvalue weighted by Crippen LogP contribution is -2.46. The van der Waals surface area contributed by atoms with E-state index < -0.39 is 40.0 Å². The van der Waals surface area contributed by atoms with Gasteiger partial charge in [0.25, 0.3) is 0 Å². The van der Waals surface area contributed by atoms with Crippen LogP contribution in [0.3, 0.4) is 0 Å². The average molecular weight is 464 g/mol. The highest BCUT2D eigenvalue weighted by atomic mass is 32.2. The van der Waals surface area contributed by atoms with Crippen molar-refractivity contribution in [2.75, 3.05) is 11.9 Å². The standard InChI is InChI=1S/C21H25N3O7S/c1-2-31-21(28)19(20(27)14-6-4-3-5-7-14)24-18(26)13-12-17(25)23-15-8-10-16(11-9-15)32(22,29)30/h3-11,19-20,27H,2,12-13H2,1H3,(H,23,25)(H,24,26)(H2,22,29,30)/t19-,20-/m1/s1. The second kappa shape index (κ2) is 11.4. The van der Waals surface area contributed by atoms with E-state index in [1.165, 1.54) is 24.3 Å². The number of ether oxygens (including phenoxy) is 1. The van der Waals surface area contributed by atoms with E-state index in [0.29, 0.717) is 11.3 Å². The van der Waals surface area contributed by atoms with Crippen LogP contribution >= 0.6 is 0 Å². The Kier molecular flexibility index (Phi) is 8.88. The summed E-state index contributed by atoms with van der Waals surface area (Å²) in [4.78, 5) is 36.6. The summed E-state index contributed by atoms with van der Waals surface area (Å²) in [6, 6.07) is 12.2. The predicted octanol–water partition coefficient (Wildman–Crippen LogP) is 0.834. The van der Waals surface area contributed by atoms with Gasteiger partial charge in [0.1, 0.15) is 6.10 Å². The summed E-state index contributed by atoms with van der Waals surface area (Å²) in [5.41, 5.74) is 0.748. The van der Waals surface area contributed by atoms with Crippen LogP contribution in [0.25, 0.3) is 0 Å². The minimum atomic E-state index is -3.84. The van der Waals surface area contributed by atoms with Crippen molar-refractivity contribution in [1.82, 2.24) is 5.32 Å². The molecule has 2 amide bonds. The first kappa shape index (κ1) is 25.0. The smallest absolute Gasteiger partial charge is 0.331 e. The second-order valence-electron chi connectivity index (χ2n) is 6.77. The molecule has 2 aromatic rings. The number of carbonyl (C=O) groups excluding carboxylic acids is 3. The van der Waals surface area contributed by atoms with Crippen molar-refractivity contribution in [1.29, 1.82) is 0 Å². The minimum Gasteiger partial charge on any atom is -0.464 e. The molecule has 0 saturated carbocycles. The van der Waals surface area contributed by atoms with Gasteiger partial charge in [0, 0.05) is 18.5 Å². The maximum absolute atomic E-state index is 12.3. The van der Waals surface area contributed by atoms with Crippen LogP contribution in [0.15, 0.2) is 59.5 Å². The van der Waals surface area contributed by atoms with Crippen molar-refractivity contribution < 1.29 is 32.6 Å². The topological polar surface area (TPSA) is 165 Å². The molecule has 0 heterocycles. The fourth-order valence-corrected chi connectivity index (χ4v) is 3.28. The highest BCUT2D eigenvalue weighted by molar-refractivity contribution is 7.89. The SMILES string of the molecule is CCOC(=O)[C@H](NC(=O)CCC(=O)Nc1ccc(S(N)(=O)=O)cc1)[C@H](O)c1ccccc1. The third kappa shape index (κ3) is 7.45. The van der Waals surface area contributed by atoms with Gasteiger partial charge in [-0.2, -0.15) is 0 Å². The third-order valence-electron chi connectivity index (χ3n) is 4.36. The van der Waals surface area contributed by atoms with Gasteiger partial charge in [-0.1, -0.05) is 30.3 Å². The Balaban J connectivity index is 1.94. The summed E-state index contributed by atoms with van der Waals surface area (Å²) >= 11 is 0. The van der Waals surface area contributed by atoms with E-state index in [4.69, 9.17) is 9.88 Å². The number of nitrogens with two attached hydrogens (primary N) is 1. The van der Waals surface area contributed by atoms with Gasteiger partial charge in [-0.3, -0.25) is 9.59 Å². The number of rotatable bonds is 10. The van der Waals surface area contributed by atoms with Gasteiger partial charge < -0.3 is 20.5 Å². The van der Waals surface area contributed by atoms with Gasteiger partial charge in [0.2, 0.25) is 21.8 Å². The lowest BCUT2D eigenvalue weighted by molar-refractivity contribution is -0.151. The number of aliphatic hydroxyl groups excluding tert-OH is 1. The molecule has 0 aliphatic heterocycles. The summed E-state index contributed by atoms with van der Waals surface area (Å²) in [6.45, 7) is 1.67. The number of anilines is 1. The minimum absolute atomic E-state index is 0.0688. The zero-order chi connectivity index (χ0) is 23.7. The molecule has 0 saturated heterocycles. The average Bonchev–Trinajstić information content (AvgIpc) is 2.76. The normalized spacial score (nSPS) is 13.0. The van der Waals surface area contributed by atoms with Crippen LogP contribution in [0, 0.1) is 0 Å². The molecule has 10 nitrogen and oxygen atoms in total. The molecule has 0 aliphatic carbocycles. The van der Waals surface area contributed by atoms with E-state index in [0.717, 1.165) is 0 Å². The largest absolute Gasteiger partial charge is 0.464 e. The Bertz CT molecular complexity index is 1040. The number of aliphatic hydroxyl groups is 1. The van der Waals surface area contributed by atoms with Crippen LogP contribution in [0.4, 0.5) is 5.69 Å². The number of benzene rings is 2. The molecule has 2 rings (SSSR count). The molecule has 0 spiro atoms. The third-order valence-corrected chi connectivity index (χ3v) is 5.29. The predicted molar refractivity (Wildman–Crippen MR) is 116 cm³/mol. The first-order valence-corrected chi connectivity index (χ1v) is 11.3. The Morgan fingerprint density at radius 2 is 1.59 bits per heavy atom. The summed E-state index contributed by atoms with van der Waals surface area (Å²) in [5.74, 6) is -1.92. The molecule has 2 atom stereocenters. The van der Waals surface area contributed by atoms with Gasteiger partial charge in [-0.05, 0) is 36.8 Å². The molecule has 11 heteroatoms. The second-order valence-corrected chi connectivity index (χ2v) is 8.33. The monoisotopic (exact) mass is 463 g/mol. The van der Waals surface area contributed by atoms with Crippen LogP contribution in [-0.2, 0) is 29.1 Å². The van der Waals surface area contributed by atoms with E-state index >= 15 is 0 Å². The number of nitrogens with one attached hydrogen (secondary N) is 2. The highest BCUT2D eigenvalue weighted by Crippen LogP contribution is 2.18. The number of sulfonamides is 1. The maximum atomic E-state index is 12.3. The van der Waals surface area contributed by atoms with E-state index in [9.17, 15) is 27.9 Å². The molecule has 32 heavy (non-hydrogen) atoms. The van der Waals surface area contributed by atoms with E-state index in [2.05, 4.69) is 10.6 Å². The van der Waals surface area contributed by atoms with Gasteiger partial charge >= 0.3 is 5.97 Å². The van der Waals surface area contributed by atoms with Crippen molar-refractivity contribution >= 4 is 33.5 Å². The molecule has 0 fully saturated rings. The summed E-state index contributed by atoms with van der Waals surface area (Å²) < 4.78 is 27.5. The molecule has 172 valence electrons. The molecule has 2 aromatic carbocycles. The lowest BCUT2D eigenvalue weighted by atomic mass is 10.0.